The average molecular weight is 395 g/mol. The van der Waals surface area contributed by atoms with Crippen molar-refractivity contribution >= 4 is 39.5 Å². The first-order valence-corrected chi connectivity index (χ1v) is 9.98. The molecule has 0 atom stereocenters. The Hall–Kier alpha value is -4.00. The fraction of sp³-hybridized carbons (Fsp3) is 0.130. The van der Waals surface area contributed by atoms with Gasteiger partial charge in [0.1, 0.15) is 12.1 Å². The van der Waals surface area contributed by atoms with Crippen LogP contribution >= 0.6 is 0 Å². The molecule has 2 aromatic carbocycles. The van der Waals surface area contributed by atoms with Crippen LogP contribution in [0.15, 0.2) is 73.2 Å². The first-order valence-electron chi connectivity index (χ1n) is 9.98. The second-order valence-electron chi connectivity index (χ2n) is 6.95. The van der Waals surface area contributed by atoms with Crippen LogP contribution in [0.25, 0.3) is 27.6 Å². The number of para-hydroxylation sites is 1. The van der Waals surface area contributed by atoms with E-state index in [1.54, 1.807) is 12.5 Å². The number of benzene rings is 2. The van der Waals surface area contributed by atoms with Crippen LogP contribution in [0.2, 0.25) is 0 Å². The normalized spacial score (nSPS) is 11.1. The van der Waals surface area contributed by atoms with Gasteiger partial charge in [-0.3, -0.25) is 4.57 Å². The van der Waals surface area contributed by atoms with Gasteiger partial charge in [0.25, 0.3) is 0 Å². The quantitative estimate of drug-likeness (QED) is 0.424. The van der Waals surface area contributed by atoms with Crippen LogP contribution in [0.4, 0.5) is 17.6 Å². The smallest absolute Gasteiger partial charge is 0.232 e. The Morgan fingerprint density at radius 2 is 1.70 bits per heavy atom. The van der Waals surface area contributed by atoms with E-state index in [4.69, 9.17) is 9.97 Å². The van der Waals surface area contributed by atoms with Gasteiger partial charge < -0.3 is 10.6 Å². The van der Waals surface area contributed by atoms with Crippen LogP contribution in [0.5, 0.6) is 0 Å². The summed E-state index contributed by atoms with van der Waals surface area (Å²) < 4.78 is 1.97. The molecule has 0 spiro atoms. The number of anilines is 3. The summed E-state index contributed by atoms with van der Waals surface area (Å²) in [5.41, 5.74) is 2.47. The first-order chi connectivity index (χ1) is 14.8. The highest BCUT2D eigenvalue weighted by Crippen LogP contribution is 2.27. The average Bonchev–Trinajstić information content (AvgIpc) is 3.22. The van der Waals surface area contributed by atoms with Gasteiger partial charge in [0.2, 0.25) is 5.95 Å². The SMILES string of the molecule is CCCNc1nc(Nc2nccc3ccccc23)nc2c1ncn2-c1ccccc1. The summed E-state index contributed by atoms with van der Waals surface area (Å²) >= 11 is 0. The predicted molar refractivity (Wildman–Crippen MR) is 120 cm³/mol. The highest BCUT2D eigenvalue weighted by atomic mass is 15.2. The maximum atomic E-state index is 4.78. The molecule has 30 heavy (non-hydrogen) atoms. The lowest BCUT2D eigenvalue weighted by molar-refractivity contribution is 0.968. The summed E-state index contributed by atoms with van der Waals surface area (Å²) in [5, 5.41) is 8.81. The van der Waals surface area contributed by atoms with Gasteiger partial charge >= 0.3 is 0 Å². The van der Waals surface area contributed by atoms with Gasteiger partial charge in [-0.25, -0.2) is 9.97 Å². The zero-order valence-corrected chi connectivity index (χ0v) is 16.6. The Labute approximate surface area is 173 Å². The van der Waals surface area contributed by atoms with Crippen LogP contribution in [0, 0.1) is 0 Å². The van der Waals surface area contributed by atoms with Crippen molar-refractivity contribution in [2.75, 3.05) is 17.2 Å². The van der Waals surface area contributed by atoms with E-state index in [1.807, 2.05) is 59.2 Å². The molecule has 5 aromatic rings. The molecule has 0 aliphatic rings. The molecule has 148 valence electrons. The van der Waals surface area contributed by atoms with Gasteiger partial charge in [-0.1, -0.05) is 49.4 Å². The molecule has 3 heterocycles. The van der Waals surface area contributed by atoms with Crippen molar-refractivity contribution in [2.45, 2.75) is 13.3 Å². The minimum Gasteiger partial charge on any atom is -0.368 e. The van der Waals surface area contributed by atoms with E-state index in [-0.39, 0.29) is 0 Å². The van der Waals surface area contributed by atoms with E-state index in [2.05, 4.69) is 33.6 Å². The molecule has 0 aliphatic heterocycles. The Morgan fingerprint density at radius 1 is 0.867 bits per heavy atom. The summed E-state index contributed by atoms with van der Waals surface area (Å²) in [7, 11) is 0. The highest BCUT2D eigenvalue weighted by Gasteiger charge is 2.15. The minimum atomic E-state index is 0.475. The Morgan fingerprint density at radius 3 is 2.57 bits per heavy atom. The number of imidazole rings is 1. The van der Waals surface area contributed by atoms with Crippen LogP contribution in [-0.4, -0.2) is 31.0 Å². The number of nitrogens with zero attached hydrogens (tertiary/aromatic N) is 5. The zero-order valence-electron chi connectivity index (χ0n) is 16.6. The number of aromatic nitrogens is 5. The number of nitrogens with one attached hydrogen (secondary N) is 2. The maximum absolute atomic E-state index is 4.78. The van der Waals surface area contributed by atoms with Crippen molar-refractivity contribution in [3.05, 3.63) is 73.2 Å². The van der Waals surface area contributed by atoms with Crippen LogP contribution in [0.1, 0.15) is 13.3 Å². The van der Waals surface area contributed by atoms with E-state index in [0.717, 1.165) is 46.4 Å². The minimum absolute atomic E-state index is 0.475. The van der Waals surface area contributed by atoms with Gasteiger partial charge in [-0.05, 0) is 30.0 Å². The molecule has 7 heteroatoms. The van der Waals surface area contributed by atoms with E-state index in [9.17, 15) is 0 Å². The summed E-state index contributed by atoms with van der Waals surface area (Å²) in [6, 6.07) is 20.1. The van der Waals surface area contributed by atoms with E-state index in [1.165, 1.54) is 0 Å². The largest absolute Gasteiger partial charge is 0.368 e. The van der Waals surface area contributed by atoms with Gasteiger partial charge in [-0.15, -0.1) is 0 Å². The third kappa shape index (κ3) is 3.30. The second-order valence-corrected chi connectivity index (χ2v) is 6.95. The summed E-state index contributed by atoms with van der Waals surface area (Å²) in [5.74, 6) is 1.90. The Balaban J connectivity index is 1.64. The van der Waals surface area contributed by atoms with Crippen molar-refractivity contribution < 1.29 is 0 Å². The molecule has 0 radical (unpaired) electrons. The topological polar surface area (TPSA) is 80.6 Å². The first kappa shape index (κ1) is 18.1. The molecule has 0 fully saturated rings. The lowest BCUT2D eigenvalue weighted by Crippen LogP contribution is -2.07. The standard InChI is InChI=1S/C23H21N7/c1-2-13-24-21-19-22(30(15-26-19)17-9-4-3-5-10-17)29-23(28-21)27-20-18-11-7-6-8-16(18)12-14-25-20/h3-12,14-15H,2,13H2,1H3,(H2,24,25,27,28,29). The summed E-state index contributed by atoms with van der Waals surface area (Å²) in [6.07, 6.45) is 4.55. The van der Waals surface area contributed by atoms with Gasteiger partial charge in [0, 0.05) is 23.8 Å². The molecule has 0 aliphatic carbocycles. The van der Waals surface area contributed by atoms with Crippen LogP contribution in [0.3, 0.4) is 0 Å². The molecule has 0 amide bonds. The molecule has 0 saturated heterocycles. The maximum Gasteiger partial charge on any atom is 0.232 e. The van der Waals surface area contributed by atoms with E-state index < -0.39 is 0 Å². The number of hydrogen-bond acceptors (Lipinski definition) is 6. The van der Waals surface area contributed by atoms with Crippen LogP contribution < -0.4 is 10.6 Å². The van der Waals surface area contributed by atoms with Gasteiger partial charge in [-0.2, -0.15) is 9.97 Å². The Kier molecular flexibility index (Phi) is 4.69. The van der Waals surface area contributed by atoms with E-state index >= 15 is 0 Å². The van der Waals surface area contributed by atoms with Gasteiger partial charge in [0.05, 0.1) is 0 Å². The molecule has 0 bridgehead atoms. The predicted octanol–water partition coefficient (Wildman–Crippen LogP) is 4.93. The molecular weight excluding hydrogens is 374 g/mol. The lowest BCUT2D eigenvalue weighted by Gasteiger charge is -2.11. The fourth-order valence-electron chi connectivity index (χ4n) is 3.43. The zero-order chi connectivity index (χ0) is 20.3. The van der Waals surface area contributed by atoms with Crippen molar-refractivity contribution in [1.29, 1.82) is 0 Å². The Bertz CT molecular complexity index is 1310. The molecule has 5 rings (SSSR count). The number of hydrogen-bond donors (Lipinski definition) is 2. The van der Waals surface area contributed by atoms with Crippen molar-refractivity contribution in [2.24, 2.45) is 0 Å². The molecule has 2 N–H and O–H groups in total. The number of fused-ring (bicyclic) bond motifs is 2. The molecule has 0 saturated carbocycles. The third-order valence-electron chi connectivity index (χ3n) is 4.88. The fourth-order valence-corrected chi connectivity index (χ4v) is 3.43. The molecule has 7 nitrogen and oxygen atoms in total. The molecule has 3 aromatic heterocycles. The lowest BCUT2D eigenvalue weighted by atomic mass is 10.1. The molecular formula is C23H21N7. The monoisotopic (exact) mass is 395 g/mol. The van der Waals surface area contributed by atoms with Gasteiger partial charge in [0.15, 0.2) is 17.0 Å². The van der Waals surface area contributed by atoms with Crippen molar-refractivity contribution in [3.63, 3.8) is 0 Å². The van der Waals surface area contributed by atoms with Crippen LogP contribution in [-0.2, 0) is 0 Å². The van der Waals surface area contributed by atoms with Crippen molar-refractivity contribution in [3.8, 4) is 5.69 Å². The number of pyridine rings is 1. The van der Waals surface area contributed by atoms with E-state index in [0.29, 0.717) is 11.8 Å². The highest BCUT2D eigenvalue weighted by molar-refractivity contribution is 5.93. The second kappa shape index (κ2) is 7.79. The molecule has 0 unspecified atom stereocenters. The number of rotatable bonds is 6. The van der Waals surface area contributed by atoms with Crippen molar-refractivity contribution in [1.82, 2.24) is 24.5 Å². The summed E-state index contributed by atoms with van der Waals surface area (Å²) in [6.45, 7) is 2.92. The summed E-state index contributed by atoms with van der Waals surface area (Å²) in [4.78, 5) is 18.6. The third-order valence-corrected chi connectivity index (χ3v) is 4.88.